The standard InChI is InChI=1S/2C10H12O2/c1-9(11)12-8-7-10-5-3-2-4-6-10;1-2-12-10(11)8-9-6-4-3-5-7-9/h2-6H,7-8H2,1H3;3-7H,2,8H2,1H3. The van der Waals surface area contributed by atoms with Crippen molar-refractivity contribution in [1.82, 2.24) is 0 Å². The number of rotatable bonds is 6. The lowest BCUT2D eigenvalue weighted by molar-refractivity contribution is -0.142. The summed E-state index contributed by atoms with van der Waals surface area (Å²) < 4.78 is 9.61. The maximum absolute atomic E-state index is 11.0. The number of esters is 2. The molecule has 0 aromatic heterocycles. The van der Waals surface area contributed by atoms with E-state index in [0.717, 1.165) is 12.0 Å². The quantitative estimate of drug-likeness (QED) is 0.761. The van der Waals surface area contributed by atoms with Gasteiger partial charge in [-0.05, 0) is 18.1 Å². The first-order valence-corrected chi connectivity index (χ1v) is 7.98. The molecule has 0 bridgehead atoms. The molecule has 2 aromatic rings. The first kappa shape index (κ1) is 19.4. The Morgan fingerprint density at radius 1 is 0.833 bits per heavy atom. The molecule has 0 atom stereocenters. The molecule has 0 N–H and O–H groups in total. The Balaban J connectivity index is 0.000000240. The molecule has 0 saturated heterocycles. The van der Waals surface area contributed by atoms with Gasteiger partial charge in [0.25, 0.3) is 0 Å². The molecule has 2 aromatic carbocycles. The highest BCUT2D eigenvalue weighted by molar-refractivity contribution is 5.72. The van der Waals surface area contributed by atoms with Crippen molar-refractivity contribution in [3.05, 3.63) is 71.8 Å². The van der Waals surface area contributed by atoms with E-state index in [1.165, 1.54) is 12.5 Å². The van der Waals surface area contributed by atoms with E-state index in [0.29, 0.717) is 19.6 Å². The molecule has 0 spiro atoms. The smallest absolute Gasteiger partial charge is 0.310 e. The summed E-state index contributed by atoms with van der Waals surface area (Å²) >= 11 is 0. The van der Waals surface area contributed by atoms with Crippen LogP contribution in [0.5, 0.6) is 0 Å². The zero-order chi connectivity index (χ0) is 17.6. The highest BCUT2D eigenvalue weighted by atomic mass is 16.5. The normalized spacial score (nSPS) is 9.42. The van der Waals surface area contributed by atoms with Gasteiger partial charge in [-0.25, -0.2) is 0 Å². The first-order chi connectivity index (χ1) is 11.6. The molecular weight excluding hydrogens is 304 g/mol. The van der Waals surface area contributed by atoms with Crippen molar-refractivity contribution in [2.24, 2.45) is 0 Å². The Kier molecular flexibility index (Phi) is 9.62. The zero-order valence-electron chi connectivity index (χ0n) is 14.2. The van der Waals surface area contributed by atoms with E-state index in [9.17, 15) is 9.59 Å². The predicted octanol–water partition coefficient (Wildman–Crippen LogP) is 3.58. The molecule has 4 nitrogen and oxygen atoms in total. The van der Waals surface area contributed by atoms with Gasteiger partial charge in [-0.15, -0.1) is 0 Å². The van der Waals surface area contributed by atoms with E-state index in [1.807, 2.05) is 67.6 Å². The topological polar surface area (TPSA) is 52.6 Å². The van der Waals surface area contributed by atoms with E-state index < -0.39 is 0 Å². The van der Waals surface area contributed by atoms with Gasteiger partial charge in [0.1, 0.15) is 0 Å². The average molecular weight is 328 g/mol. The summed E-state index contributed by atoms with van der Waals surface area (Å²) in [4.78, 5) is 21.4. The molecule has 0 amide bonds. The first-order valence-electron chi connectivity index (χ1n) is 7.98. The lowest BCUT2D eigenvalue weighted by Gasteiger charge is -2.00. The van der Waals surface area contributed by atoms with Crippen LogP contribution < -0.4 is 0 Å². The van der Waals surface area contributed by atoms with Gasteiger partial charge in [0, 0.05) is 13.3 Å². The van der Waals surface area contributed by atoms with E-state index in [1.54, 1.807) is 0 Å². The van der Waals surface area contributed by atoms with Crippen molar-refractivity contribution in [1.29, 1.82) is 0 Å². The zero-order valence-corrected chi connectivity index (χ0v) is 14.2. The molecule has 4 heteroatoms. The minimum atomic E-state index is -0.217. The fraction of sp³-hybridized carbons (Fsp3) is 0.300. The summed E-state index contributed by atoms with van der Waals surface area (Å²) in [7, 11) is 0. The predicted molar refractivity (Wildman–Crippen MR) is 93.6 cm³/mol. The molecule has 0 aliphatic heterocycles. The fourth-order valence-electron chi connectivity index (χ4n) is 1.93. The lowest BCUT2D eigenvalue weighted by Crippen LogP contribution is -2.06. The summed E-state index contributed by atoms with van der Waals surface area (Å²) in [6.45, 7) is 4.15. The molecule has 0 radical (unpaired) electrons. The van der Waals surface area contributed by atoms with Gasteiger partial charge in [-0.1, -0.05) is 60.7 Å². The third kappa shape index (κ3) is 9.41. The second kappa shape index (κ2) is 11.9. The average Bonchev–Trinajstić information content (AvgIpc) is 2.57. The van der Waals surface area contributed by atoms with Crippen LogP contribution >= 0.6 is 0 Å². The van der Waals surface area contributed by atoms with Crippen LogP contribution in [0.25, 0.3) is 0 Å². The summed E-state index contributed by atoms with van der Waals surface area (Å²) in [5.41, 5.74) is 2.19. The molecule has 0 fully saturated rings. The van der Waals surface area contributed by atoms with Crippen LogP contribution in [0.15, 0.2) is 60.7 Å². The van der Waals surface area contributed by atoms with Crippen molar-refractivity contribution in [2.75, 3.05) is 13.2 Å². The Bertz CT molecular complexity index is 594. The molecule has 24 heavy (non-hydrogen) atoms. The van der Waals surface area contributed by atoms with E-state index in [4.69, 9.17) is 9.47 Å². The Labute approximate surface area is 143 Å². The van der Waals surface area contributed by atoms with Crippen LogP contribution in [0, 0.1) is 0 Å². The summed E-state index contributed by atoms with van der Waals surface area (Å²) in [6.07, 6.45) is 1.16. The molecule has 2 rings (SSSR count). The monoisotopic (exact) mass is 328 g/mol. The lowest BCUT2D eigenvalue weighted by atomic mass is 10.2. The SMILES string of the molecule is CC(=O)OCCc1ccccc1.CCOC(=O)Cc1ccccc1. The highest BCUT2D eigenvalue weighted by Crippen LogP contribution is 2.00. The second-order valence-electron chi connectivity index (χ2n) is 5.04. The van der Waals surface area contributed by atoms with Crippen LogP contribution in [0.2, 0.25) is 0 Å². The minimum Gasteiger partial charge on any atom is -0.466 e. The van der Waals surface area contributed by atoms with Crippen LogP contribution in [0.3, 0.4) is 0 Å². The third-order valence-electron chi connectivity index (χ3n) is 3.04. The molecule has 0 aliphatic rings. The van der Waals surface area contributed by atoms with Gasteiger partial charge < -0.3 is 9.47 Å². The number of benzene rings is 2. The van der Waals surface area contributed by atoms with Crippen LogP contribution in [0.4, 0.5) is 0 Å². The van der Waals surface area contributed by atoms with Gasteiger partial charge in [-0.3, -0.25) is 9.59 Å². The number of hydrogen-bond acceptors (Lipinski definition) is 4. The number of carbonyl (C=O) groups excluding carboxylic acids is 2. The van der Waals surface area contributed by atoms with Crippen molar-refractivity contribution in [2.45, 2.75) is 26.7 Å². The molecular formula is C20H24O4. The summed E-state index contributed by atoms with van der Waals surface area (Å²) in [5.74, 6) is -0.380. The van der Waals surface area contributed by atoms with Crippen molar-refractivity contribution >= 4 is 11.9 Å². The fourth-order valence-corrected chi connectivity index (χ4v) is 1.93. The van der Waals surface area contributed by atoms with Crippen molar-refractivity contribution < 1.29 is 19.1 Å². The molecule has 0 heterocycles. The van der Waals surface area contributed by atoms with Gasteiger partial charge in [-0.2, -0.15) is 0 Å². The minimum absolute atomic E-state index is 0.163. The van der Waals surface area contributed by atoms with Crippen LogP contribution in [-0.2, 0) is 31.9 Å². The number of hydrogen-bond donors (Lipinski definition) is 0. The van der Waals surface area contributed by atoms with E-state index in [-0.39, 0.29) is 11.9 Å². The van der Waals surface area contributed by atoms with Gasteiger partial charge in [0.15, 0.2) is 0 Å². The van der Waals surface area contributed by atoms with E-state index >= 15 is 0 Å². The maximum Gasteiger partial charge on any atom is 0.310 e. The van der Waals surface area contributed by atoms with Gasteiger partial charge >= 0.3 is 11.9 Å². The number of carbonyl (C=O) groups is 2. The number of ether oxygens (including phenoxy) is 2. The third-order valence-corrected chi connectivity index (χ3v) is 3.04. The highest BCUT2D eigenvalue weighted by Gasteiger charge is 2.01. The molecule has 0 aliphatic carbocycles. The van der Waals surface area contributed by atoms with Gasteiger partial charge in [0.2, 0.25) is 0 Å². The largest absolute Gasteiger partial charge is 0.466 e. The van der Waals surface area contributed by atoms with Crippen molar-refractivity contribution in [3.63, 3.8) is 0 Å². The second-order valence-corrected chi connectivity index (χ2v) is 5.04. The molecule has 0 saturated carbocycles. The van der Waals surface area contributed by atoms with Crippen LogP contribution in [-0.4, -0.2) is 25.2 Å². The van der Waals surface area contributed by atoms with E-state index in [2.05, 4.69) is 0 Å². The Morgan fingerprint density at radius 3 is 1.88 bits per heavy atom. The van der Waals surface area contributed by atoms with Crippen LogP contribution in [0.1, 0.15) is 25.0 Å². The Morgan fingerprint density at radius 2 is 1.38 bits per heavy atom. The van der Waals surface area contributed by atoms with Gasteiger partial charge in [0.05, 0.1) is 19.6 Å². The molecule has 0 unspecified atom stereocenters. The summed E-state index contributed by atoms with van der Waals surface area (Å²) in [5, 5.41) is 0. The maximum atomic E-state index is 11.0. The Hall–Kier alpha value is -2.62. The summed E-state index contributed by atoms with van der Waals surface area (Å²) in [6, 6.07) is 19.5. The van der Waals surface area contributed by atoms with Crippen molar-refractivity contribution in [3.8, 4) is 0 Å². The molecule has 128 valence electrons.